The maximum atomic E-state index is 12.8. The lowest BCUT2D eigenvalue weighted by atomic mass is 10.0. The average molecular weight is 442 g/mol. The number of benzene rings is 1. The number of hydrogen-bond donors (Lipinski definition) is 2. The minimum Gasteiger partial charge on any atom is -0.444 e. The zero-order valence-electron chi connectivity index (χ0n) is 16.8. The maximum absolute atomic E-state index is 12.8. The predicted molar refractivity (Wildman–Crippen MR) is 96.9 cm³/mol. The van der Waals surface area contributed by atoms with E-state index >= 15 is 0 Å². The van der Waals surface area contributed by atoms with E-state index in [1.54, 1.807) is 20.8 Å². The molecule has 11 heteroatoms. The number of alkyl carbamates (subject to hydrolysis) is 1. The van der Waals surface area contributed by atoms with Crippen molar-refractivity contribution >= 4 is 12.0 Å². The summed E-state index contributed by atoms with van der Waals surface area (Å²) >= 11 is 0. The fraction of sp³-hybridized carbons (Fsp3) is 0.579. The molecular formula is C19H24F6N2O3. The minimum absolute atomic E-state index is 0.0333. The molecule has 0 aliphatic heterocycles. The van der Waals surface area contributed by atoms with Crippen molar-refractivity contribution < 1.29 is 40.7 Å². The number of ether oxygens (including phenoxy) is 1. The lowest BCUT2D eigenvalue weighted by Crippen LogP contribution is -2.33. The zero-order valence-corrected chi connectivity index (χ0v) is 16.8. The minimum atomic E-state index is -5.02. The Balaban J connectivity index is 2.51. The fourth-order valence-electron chi connectivity index (χ4n) is 2.32. The molecule has 0 fully saturated rings. The molecule has 0 unspecified atom stereocenters. The lowest BCUT2D eigenvalue weighted by Gasteiger charge is -2.19. The monoisotopic (exact) mass is 442 g/mol. The van der Waals surface area contributed by atoms with E-state index in [0.29, 0.717) is 37.9 Å². The van der Waals surface area contributed by atoms with Crippen molar-refractivity contribution in [3.05, 3.63) is 34.9 Å². The molecule has 0 aliphatic carbocycles. The highest BCUT2D eigenvalue weighted by Gasteiger charge is 2.37. The molecule has 0 aromatic heterocycles. The third kappa shape index (κ3) is 9.36. The van der Waals surface area contributed by atoms with Crippen molar-refractivity contribution in [3.63, 3.8) is 0 Å². The summed E-state index contributed by atoms with van der Waals surface area (Å²) < 4.78 is 82.1. The Morgan fingerprint density at radius 1 is 0.800 bits per heavy atom. The highest BCUT2D eigenvalue weighted by molar-refractivity contribution is 5.94. The van der Waals surface area contributed by atoms with Crippen molar-refractivity contribution in [1.29, 1.82) is 0 Å². The Hall–Kier alpha value is -2.46. The molecule has 170 valence electrons. The van der Waals surface area contributed by atoms with Crippen LogP contribution in [0.25, 0.3) is 0 Å². The molecule has 2 N–H and O–H groups in total. The largest absolute Gasteiger partial charge is 0.444 e. The van der Waals surface area contributed by atoms with Crippen LogP contribution in [-0.2, 0) is 17.1 Å². The van der Waals surface area contributed by atoms with E-state index in [1.165, 1.54) is 0 Å². The van der Waals surface area contributed by atoms with E-state index in [4.69, 9.17) is 4.74 Å². The summed E-state index contributed by atoms with van der Waals surface area (Å²) in [5.41, 5.74) is -4.43. The van der Waals surface area contributed by atoms with Crippen molar-refractivity contribution in [1.82, 2.24) is 10.6 Å². The molecule has 30 heavy (non-hydrogen) atoms. The Bertz CT molecular complexity index is 707. The van der Waals surface area contributed by atoms with Gasteiger partial charge in [0.1, 0.15) is 5.60 Å². The number of carbonyl (C=O) groups excluding carboxylic acids is 2. The lowest BCUT2D eigenvalue weighted by molar-refractivity contribution is -0.143. The van der Waals surface area contributed by atoms with Crippen LogP contribution in [0.3, 0.4) is 0 Å². The topological polar surface area (TPSA) is 67.4 Å². The van der Waals surface area contributed by atoms with Crippen LogP contribution in [0.2, 0.25) is 0 Å². The van der Waals surface area contributed by atoms with Crippen LogP contribution in [0, 0.1) is 0 Å². The number of rotatable bonds is 7. The third-order valence-corrected chi connectivity index (χ3v) is 3.66. The van der Waals surface area contributed by atoms with Crippen molar-refractivity contribution in [3.8, 4) is 0 Å². The molecule has 2 amide bonds. The maximum Gasteiger partial charge on any atom is 0.416 e. The number of unbranched alkanes of at least 4 members (excludes halogenated alkanes) is 2. The van der Waals surface area contributed by atoms with Crippen LogP contribution in [0.4, 0.5) is 31.1 Å². The quantitative estimate of drug-likeness (QED) is 0.454. The summed E-state index contributed by atoms with van der Waals surface area (Å²) in [5.74, 6) is -1.03. The number of hydrogen-bond acceptors (Lipinski definition) is 3. The zero-order chi connectivity index (χ0) is 23.2. The molecule has 0 aliphatic rings. The Morgan fingerprint density at radius 2 is 1.27 bits per heavy atom. The van der Waals surface area contributed by atoms with Gasteiger partial charge in [-0.1, -0.05) is 0 Å². The Morgan fingerprint density at radius 3 is 1.70 bits per heavy atom. The van der Waals surface area contributed by atoms with E-state index in [1.807, 2.05) is 0 Å². The fourth-order valence-corrected chi connectivity index (χ4v) is 2.32. The average Bonchev–Trinajstić information content (AvgIpc) is 2.57. The van der Waals surface area contributed by atoms with Gasteiger partial charge in [0.2, 0.25) is 0 Å². The van der Waals surface area contributed by atoms with Crippen LogP contribution in [0.1, 0.15) is 61.5 Å². The second-order valence-corrected chi connectivity index (χ2v) is 7.54. The normalized spacial score (nSPS) is 12.4. The van der Waals surface area contributed by atoms with E-state index in [0.717, 1.165) is 0 Å². The molecular weight excluding hydrogens is 418 g/mol. The second-order valence-electron chi connectivity index (χ2n) is 7.54. The summed E-state index contributed by atoms with van der Waals surface area (Å²) in [7, 11) is 0. The summed E-state index contributed by atoms with van der Waals surface area (Å²) in [6.07, 6.45) is -9.06. The molecule has 0 bridgehead atoms. The summed E-state index contributed by atoms with van der Waals surface area (Å²) in [5, 5.41) is 4.85. The number of alkyl halides is 6. The van der Waals surface area contributed by atoms with Gasteiger partial charge in [-0.25, -0.2) is 4.79 Å². The van der Waals surface area contributed by atoms with Gasteiger partial charge >= 0.3 is 18.4 Å². The second kappa shape index (κ2) is 10.0. The van der Waals surface area contributed by atoms with Crippen LogP contribution < -0.4 is 10.6 Å². The number of amides is 2. The van der Waals surface area contributed by atoms with Crippen molar-refractivity contribution in [2.24, 2.45) is 0 Å². The van der Waals surface area contributed by atoms with Gasteiger partial charge in [-0.05, 0) is 58.2 Å². The molecule has 0 radical (unpaired) electrons. The molecule has 0 saturated heterocycles. The number of halogens is 6. The molecule has 0 heterocycles. The molecule has 0 saturated carbocycles. The number of carbonyl (C=O) groups is 2. The standard InChI is InChI=1S/C19H24F6N2O3/c1-17(2,3)30-16(29)27-8-6-4-5-7-26-15(28)12-9-13(18(20,21)22)11-14(10-12)19(23,24)25/h9-11H,4-8H2,1-3H3,(H,26,28)(H,27,29). The molecule has 0 spiro atoms. The van der Waals surface area contributed by atoms with Crippen LogP contribution in [-0.4, -0.2) is 30.7 Å². The van der Waals surface area contributed by atoms with Gasteiger partial charge in [0.25, 0.3) is 5.91 Å². The van der Waals surface area contributed by atoms with Gasteiger partial charge in [-0.2, -0.15) is 26.3 Å². The third-order valence-electron chi connectivity index (χ3n) is 3.66. The molecule has 1 rings (SSSR count). The van der Waals surface area contributed by atoms with Crippen LogP contribution in [0.15, 0.2) is 18.2 Å². The first-order valence-corrected chi connectivity index (χ1v) is 9.14. The van der Waals surface area contributed by atoms with Gasteiger partial charge in [0, 0.05) is 18.7 Å². The Kier molecular flexibility index (Phi) is 8.55. The number of nitrogens with one attached hydrogen (secondary N) is 2. The molecule has 5 nitrogen and oxygen atoms in total. The highest BCUT2D eigenvalue weighted by Crippen LogP contribution is 2.36. The van der Waals surface area contributed by atoms with E-state index < -0.39 is 46.6 Å². The molecule has 0 atom stereocenters. The first-order chi connectivity index (χ1) is 13.6. The first kappa shape index (κ1) is 25.6. The Labute approximate surface area is 170 Å². The van der Waals surface area contributed by atoms with Crippen LogP contribution in [0.5, 0.6) is 0 Å². The van der Waals surface area contributed by atoms with Gasteiger partial charge in [0.15, 0.2) is 0 Å². The molecule has 1 aromatic rings. The van der Waals surface area contributed by atoms with E-state index in [-0.39, 0.29) is 12.6 Å². The van der Waals surface area contributed by atoms with Gasteiger partial charge in [-0.3, -0.25) is 4.79 Å². The van der Waals surface area contributed by atoms with Crippen molar-refractivity contribution in [2.45, 2.75) is 58.0 Å². The SMILES string of the molecule is CC(C)(C)OC(=O)NCCCCCNC(=O)c1cc(C(F)(F)F)cc(C(F)(F)F)c1. The van der Waals surface area contributed by atoms with Crippen molar-refractivity contribution in [2.75, 3.05) is 13.1 Å². The van der Waals surface area contributed by atoms with Gasteiger partial charge in [-0.15, -0.1) is 0 Å². The highest BCUT2D eigenvalue weighted by atomic mass is 19.4. The molecule has 1 aromatic carbocycles. The summed E-state index contributed by atoms with van der Waals surface area (Å²) in [4.78, 5) is 23.4. The van der Waals surface area contributed by atoms with Gasteiger partial charge in [0.05, 0.1) is 11.1 Å². The predicted octanol–water partition coefficient (Wildman–Crippen LogP) is 5.15. The summed E-state index contributed by atoms with van der Waals surface area (Å²) in [6.45, 7) is 5.54. The van der Waals surface area contributed by atoms with E-state index in [2.05, 4.69) is 10.6 Å². The van der Waals surface area contributed by atoms with Gasteiger partial charge < -0.3 is 15.4 Å². The van der Waals surface area contributed by atoms with E-state index in [9.17, 15) is 35.9 Å². The van der Waals surface area contributed by atoms with Crippen LogP contribution >= 0.6 is 0 Å². The first-order valence-electron chi connectivity index (χ1n) is 9.14. The smallest absolute Gasteiger partial charge is 0.416 e. The summed E-state index contributed by atoms with van der Waals surface area (Å²) in [6, 6.07) is 0.735.